The molecule has 0 aliphatic heterocycles. The minimum absolute atomic E-state index is 0.229. The van der Waals surface area contributed by atoms with E-state index in [1.165, 1.54) is 12.0 Å². The summed E-state index contributed by atoms with van der Waals surface area (Å²) in [7, 11) is 4.77. The third-order valence-electron chi connectivity index (χ3n) is 6.88. The summed E-state index contributed by atoms with van der Waals surface area (Å²) >= 11 is 0. The zero-order valence-electron chi connectivity index (χ0n) is 16.8. The van der Waals surface area contributed by atoms with E-state index in [2.05, 4.69) is 26.8 Å². The lowest BCUT2D eigenvalue weighted by Gasteiger charge is -2.58. The van der Waals surface area contributed by atoms with E-state index in [4.69, 9.17) is 14.2 Å². The molecule has 1 saturated carbocycles. The fraction of sp³-hybridized carbons (Fsp3) is 0.500. The van der Waals surface area contributed by atoms with Crippen LogP contribution < -0.4 is 18.9 Å². The summed E-state index contributed by atoms with van der Waals surface area (Å²) in [5.74, 6) is 2.98. The van der Waals surface area contributed by atoms with Gasteiger partial charge in [0.25, 0.3) is 0 Å². The third kappa shape index (κ3) is 2.33. The molecule has 2 bridgehead atoms. The van der Waals surface area contributed by atoms with E-state index in [1.54, 1.807) is 33.5 Å². The maximum absolute atomic E-state index is 13.5. The first-order chi connectivity index (χ1) is 12.8. The number of hydrogen-bond donors (Lipinski definition) is 0. The summed E-state index contributed by atoms with van der Waals surface area (Å²) in [6.07, 6.45) is 1.18. The first kappa shape index (κ1) is 18.0. The van der Waals surface area contributed by atoms with E-state index in [9.17, 15) is 5.21 Å². The molecule has 1 fully saturated rings. The first-order valence-corrected chi connectivity index (χ1v) is 9.41. The van der Waals surface area contributed by atoms with Crippen molar-refractivity contribution < 1.29 is 18.9 Å². The molecule has 1 aromatic carbocycles. The molecule has 0 spiro atoms. The van der Waals surface area contributed by atoms with Crippen molar-refractivity contribution >= 4 is 0 Å². The smallest absolute Gasteiger partial charge is 0.231 e. The van der Waals surface area contributed by atoms with E-state index in [1.807, 2.05) is 6.07 Å². The Hall–Kier alpha value is -2.43. The van der Waals surface area contributed by atoms with Crippen LogP contribution in [0.25, 0.3) is 11.3 Å². The van der Waals surface area contributed by atoms with Gasteiger partial charge in [0, 0.05) is 29.7 Å². The molecular formula is C22H27NO4. The highest BCUT2D eigenvalue weighted by molar-refractivity contribution is 5.74. The van der Waals surface area contributed by atoms with Crippen LogP contribution in [-0.4, -0.2) is 21.3 Å². The number of nitrogens with zero attached hydrogens (tertiary/aromatic N) is 1. The Labute approximate surface area is 160 Å². The molecule has 3 atom stereocenters. The fourth-order valence-corrected chi connectivity index (χ4v) is 5.28. The van der Waals surface area contributed by atoms with Crippen LogP contribution in [0.4, 0.5) is 0 Å². The predicted octanol–water partition coefficient (Wildman–Crippen LogP) is 4.26. The van der Waals surface area contributed by atoms with Crippen LogP contribution in [0.15, 0.2) is 24.3 Å². The molecule has 5 rings (SSSR count). The fourth-order valence-electron chi connectivity index (χ4n) is 5.28. The van der Waals surface area contributed by atoms with Crippen LogP contribution in [0.1, 0.15) is 50.3 Å². The first-order valence-electron chi connectivity index (χ1n) is 9.41. The monoisotopic (exact) mass is 369 g/mol. The van der Waals surface area contributed by atoms with Crippen LogP contribution in [0.5, 0.6) is 17.2 Å². The zero-order chi connectivity index (χ0) is 19.5. The van der Waals surface area contributed by atoms with Gasteiger partial charge in [0.1, 0.15) is 22.8 Å². The van der Waals surface area contributed by atoms with Crippen molar-refractivity contribution in [3.63, 3.8) is 0 Å². The molecule has 1 aromatic heterocycles. The second-order valence-electron chi connectivity index (χ2n) is 8.27. The Balaban J connectivity index is 1.92. The molecule has 0 unspecified atom stereocenters. The highest BCUT2D eigenvalue weighted by Gasteiger charge is 2.58. The minimum Gasteiger partial charge on any atom is -0.618 e. The Kier molecular flexibility index (Phi) is 4.02. The van der Waals surface area contributed by atoms with Gasteiger partial charge in [-0.05, 0) is 29.7 Å². The number of benzene rings is 1. The highest BCUT2D eigenvalue weighted by Crippen LogP contribution is 2.65. The standard InChI is InChI=1S/C22H27NO4/c1-12-15-11-16(22(15,2)3)14-7-8-17(23(24)21(12)14)20-18(26-5)9-13(25-4)10-19(20)27-6/h7-10,12,15-16H,11H2,1-6H3/t12-,15+,16-/m1/s1. The molecule has 0 N–H and O–H groups in total. The maximum Gasteiger partial charge on any atom is 0.231 e. The van der Waals surface area contributed by atoms with Gasteiger partial charge >= 0.3 is 0 Å². The van der Waals surface area contributed by atoms with E-state index in [-0.39, 0.29) is 11.3 Å². The lowest BCUT2D eigenvalue weighted by molar-refractivity contribution is -0.607. The van der Waals surface area contributed by atoms with Gasteiger partial charge in [-0.25, -0.2) is 0 Å². The van der Waals surface area contributed by atoms with Gasteiger partial charge in [0.15, 0.2) is 5.69 Å². The van der Waals surface area contributed by atoms with Gasteiger partial charge in [-0.1, -0.05) is 20.8 Å². The molecule has 3 aliphatic carbocycles. The quantitative estimate of drug-likeness (QED) is 0.597. The largest absolute Gasteiger partial charge is 0.618 e. The van der Waals surface area contributed by atoms with Gasteiger partial charge in [0.05, 0.1) is 21.3 Å². The number of aromatic nitrogens is 1. The molecular weight excluding hydrogens is 342 g/mol. The molecule has 3 aliphatic rings. The summed E-state index contributed by atoms with van der Waals surface area (Å²) in [6.45, 7) is 6.83. The van der Waals surface area contributed by atoms with Gasteiger partial charge in [-0.15, -0.1) is 0 Å². The highest BCUT2D eigenvalue weighted by atomic mass is 16.5. The molecule has 144 valence electrons. The van der Waals surface area contributed by atoms with Crippen molar-refractivity contribution in [2.24, 2.45) is 11.3 Å². The second-order valence-corrected chi connectivity index (χ2v) is 8.27. The minimum atomic E-state index is 0.229. The zero-order valence-corrected chi connectivity index (χ0v) is 16.8. The Morgan fingerprint density at radius 2 is 1.67 bits per heavy atom. The second kappa shape index (κ2) is 6.04. The third-order valence-corrected chi connectivity index (χ3v) is 6.88. The number of methoxy groups -OCH3 is 3. The summed E-state index contributed by atoms with van der Waals surface area (Å²) in [5.41, 5.74) is 3.56. The molecule has 1 heterocycles. The average Bonchev–Trinajstić information content (AvgIpc) is 2.66. The van der Waals surface area contributed by atoms with Gasteiger partial charge in [-0.2, -0.15) is 4.73 Å². The molecule has 2 aromatic rings. The molecule has 0 saturated heterocycles. The number of hydrogen-bond acceptors (Lipinski definition) is 4. The number of pyridine rings is 1. The number of ether oxygens (including phenoxy) is 3. The molecule has 5 nitrogen and oxygen atoms in total. The average molecular weight is 369 g/mol. The van der Waals surface area contributed by atoms with Crippen LogP contribution in [-0.2, 0) is 0 Å². The van der Waals surface area contributed by atoms with E-state index >= 15 is 0 Å². The summed E-state index contributed by atoms with van der Waals surface area (Å²) in [4.78, 5) is 0. The van der Waals surface area contributed by atoms with E-state index in [0.29, 0.717) is 40.3 Å². The lowest BCUT2D eigenvalue weighted by Crippen LogP contribution is -2.54. The predicted molar refractivity (Wildman–Crippen MR) is 104 cm³/mol. The van der Waals surface area contributed by atoms with Crippen molar-refractivity contribution in [1.29, 1.82) is 0 Å². The molecule has 27 heavy (non-hydrogen) atoms. The Morgan fingerprint density at radius 3 is 2.19 bits per heavy atom. The van der Waals surface area contributed by atoms with Crippen LogP contribution in [0.3, 0.4) is 0 Å². The van der Waals surface area contributed by atoms with Gasteiger partial charge in [-0.3, -0.25) is 0 Å². The Morgan fingerprint density at radius 1 is 1.04 bits per heavy atom. The van der Waals surface area contributed by atoms with Crippen LogP contribution >= 0.6 is 0 Å². The number of rotatable bonds is 4. The molecule has 0 radical (unpaired) electrons. The van der Waals surface area contributed by atoms with Gasteiger partial charge < -0.3 is 19.4 Å². The summed E-state index contributed by atoms with van der Waals surface area (Å²) in [6, 6.07) is 7.59. The van der Waals surface area contributed by atoms with Crippen LogP contribution in [0, 0.1) is 16.5 Å². The SMILES string of the molecule is COc1cc(OC)c(-c2ccc3c([n+]2[O-])[C@H](C)[C@@H]2C[C@H]3C2(C)C)c(OC)c1. The van der Waals surface area contributed by atoms with Gasteiger partial charge in [0.2, 0.25) is 5.69 Å². The van der Waals surface area contributed by atoms with Crippen LogP contribution in [0.2, 0.25) is 0 Å². The van der Waals surface area contributed by atoms with Crippen molar-refractivity contribution in [3.05, 3.63) is 40.7 Å². The molecule has 5 heteroatoms. The van der Waals surface area contributed by atoms with Crippen molar-refractivity contribution in [1.82, 2.24) is 0 Å². The van der Waals surface area contributed by atoms with E-state index in [0.717, 1.165) is 10.4 Å². The summed E-state index contributed by atoms with van der Waals surface area (Å²) in [5, 5.41) is 13.5. The van der Waals surface area contributed by atoms with E-state index < -0.39 is 0 Å². The molecule has 0 amide bonds. The lowest BCUT2D eigenvalue weighted by atomic mass is 9.45. The normalized spacial score (nSPS) is 24.6. The van der Waals surface area contributed by atoms with Crippen molar-refractivity contribution in [2.45, 2.75) is 39.0 Å². The summed E-state index contributed by atoms with van der Waals surface area (Å²) < 4.78 is 17.5. The van der Waals surface area contributed by atoms with Crippen molar-refractivity contribution in [3.8, 4) is 28.5 Å². The van der Waals surface area contributed by atoms with Crippen molar-refractivity contribution in [2.75, 3.05) is 21.3 Å². The topological polar surface area (TPSA) is 54.6 Å². The maximum atomic E-state index is 13.5. The Bertz CT molecular complexity index is 880.